The monoisotopic (exact) mass is 390 g/mol. The Kier molecular flexibility index (Phi) is 9.32. The molecule has 0 saturated heterocycles. The lowest BCUT2D eigenvalue weighted by atomic mass is 9.83. The second kappa shape index (κ2) is 12.2. The Morgan fingerprint density at radius 2 is 1.48 bits per heavy atom. The van der Waals surface area contributed by atoms with Gasteiger partial charge in [0.1, 0.15) is 0 Å². The van der Waals surface area contributed by atoms with Crippen LogP contribution in [0.3, 0.4) is 0 Å². The maximum Gasteiger partial charge on any atom is -0.0178 e. The number of hydrogen-bond donors (Lipinski definition) is 0. The highest BCUT2D eigenvalue weighted by atomic mass is 14.2. The molecule has 3 rings (SSSR count). The zero-order valence-corrected chi connectivity index (χ0v) is 19.0. The number of aryl methyl sites for hydroxylation is 1. The first-order valence-electron chi connectivity index (χ1n) is 12.5. The smallest absolute Gasteiger partial charge is 0.0178 e. The molecule has 2 aromatic carbocycles. The van der Waals surface area contributed by atoms with Crippen molar-refractivity contribution in [3.8, 4) is 0 Å². The molecule has 0 heterocycles. The van der Waals surface area contributed by atoms with E-state index in [-0.39, 0.29) is 0 Å². The Hall–Kier alpha value is -1.56. The first kappa shape index (κ1) is 22.1. The minimum atomic E-state index is 0.926. The van der Waals surface area contributed by atoms with Gasteiger partial charge in [0.15, 0.2) is 0 Å². The van der Waals surface area contributed by atoms with Crippen LogP contribution >= 0.6 is 0 Å². The SMILES string of the molecule is CCCCCCCCc1ccc2cc(C3=CCC(CCCCC)CC3)ccc2c1. The first-order valence-corrected chi connectivity index (χ1v) is 12.5. The Balaban J connectivity index is 1.54. The Morgan fingerprint density at radius 3 is 2.28 bits per heavy atom. The van der Waals surface area contributed by atoms with E-state index in [0.717, 1.165) is 5.92 Å². The molecule has 0 amide bonds. The third-order valence-electron chi connectivity index (χ3n) is 6.83. The Morgan fingerprint density at radius 1 is 0.759 bits per heavy atom. The van der Waals surface area contributed by atoms with Gasteiger partial charge in [0.2, 0.25) is 0 Å². The van der Waals surface area contributed by atoms with Crippen LogP contribution in [-0.4, -0.2) is 0 Å². The fraction of sp³-hybridized carbons (Fsp3) is 0.586. The fourth-order valence-corrected chi connectivity index (χ4v) is 4.86. The van der Waals surface area contributed by atoms with Crippen LogP contribution in [0.4, 0.5) is 0 Å². The van der Waals surface area contributed by atoms with Gasteiger partial charge in [-0.05, 0) is 71.6 Å². The molecule has 0 bridgehead atoms. The molecule has 0 radical (unpaired) electrons. The molecule has 0 saturated carbocycles. The molecule has 0 aromatic heterocycles. The standard InChI is InChI=1S/C29H42/c1-3-5-7-8-9-11-13-25-16-19-29-23-28(21-20-27(29)22-25)26-17-14-24(15-18-26)12-10-6-4-2/h16-17,19-24H,3-15,18H2,1-2H3. The van der Waals surface area contributed by atoms with Crippen LogP contribution in [0.1, 0.15) is 108 Å². The molecule has 1 aliphatic carbocycles. The third-order valence-corrected chi connectivity index (χ3v) is 6.83. The quantitative estimate of drug-likeness (QED) is 0.316. The van der Waals surface area contributed by atoms with Gasteiger partial charge in [-0.15, -0.1) is 0 Å². The summed E-state index contributed by atoms with van der Waals surface area (Å²) in [5.74, 6) is 0.926. The molecule has 1 unspecified atom stereocenters. The third kappa shape index (κ3) is 7.02. The molecule has 0 fully saturated rings. The summed E-state index contributed by atoms with van der Waals surface area (Å²) in [7, 11) is 0. The number of hydrogen-bond acceptors (Lipinski definition) is 0. The van der Waals surface area contributed by atoms with Crippen molar-refractivity contribution in [2.75, 3.05) is 0 Å². The molecule has 0 N–H and O–H groups in total. The zero-order chi connectivity index (χ0) is 20.3. The van der Waals surface area contributed by atoms with E-state index in [1.807, 2.05) is 0 Å². The zero-order valence-electron chi connectivity index (χ0n) is 19.0. The van der Waals surface area contributed by atoms with Crippen LogP contribution in [0.2, 0.25) is 0 Å². The van der Waals surface area contributed by atoms with Gasteiger partial charge in [-0.25, -0.2) is 0 Å². The van der Waals surface area contributed by atoms with Crippen LogP contribution in [0.15, 0.2) is 42.5 Å². The summed E-state index contributed by atoms with van der Waals surface area (Å²) < 4.78 is 0. The van der Waals surface area contributed by atoms with Gasteiger partial charge in [0.05, 0.1) is 0 Å². The largest absolute Gasteiger partial charge is 0.0804 e. The minimum absolute atomic E-state index is 0.926. The summed E-state index contributed by atoms with van der Waals surface area (Å²) in [5, 5.41) is 2.81. The maximum atomic E-state index is 2.54. The normalized spacial score (nSPS) is 16.9. The highest BCUT2D eigenvalue weighted by Crippen LogP contribution is 2.34. The lowest BCUT2D eigenvalue weighted by Crippen LogP contribution is -2.05. The molecule has 0 spiro atoms. The number of allylic oxidation sites excluding steroid dienone is 2. The van der Waals surface area contributed by atoms with E-state index in [2.05, 4.69) is 56.3 Å². The number of rotatable bonds is 12. The van der Waals surface area contributed by atoms with Crippen molar-refractivity contribution in [2.24, 2.45) is 5.92 Å². The van der Waals surface area contributed by atoms with Crippen LogP contribution in [0, 0.1) is 5.92 Å². The highest BCUT2D eigenvalue weighted by molar-refractivity contribution is 5.87. The van der Waals surface area contributed by atoms with Crippen LogP contribution in [0.25, 0.3) is 16.3 Å². The van der Waals surface area contributed by atoms with Gasteiger partial charge in [0.25, 0.3) is 0 Å². The first-order chi connectivity index (χ1) is 14.3. The van der Waals surface area contributed by atoms with E-state index in [4.69, 9.17) is 0 Å². The summed E-state index contributed by atoms with van der Waals surface area (Å²) in [4.78, 5) is 0. The van der Waals surface area contributed by atoms with Crippen LogP contribution < -0.4 is 0 Å². The lowest BCUT2D eigenvalue weighted by Gasteiger charge is -2.22. The summed E-state index contributed by atoms with van der Waals surface area (Å²) >= 11 is 0. The van der Waals surface area contributed by atoms with Crippen molar-refractivity contribution in [1.82, 2.24) is 0 Å². The number of unbranched alkanes of at least 4 members (excludes halogenated alkanes) is 7. The molecule has 1 aliphatic rings. The van der Waals surface area contributed by atoms with E-state index in [0.29, 0.717) is 0 Å². The van der Waals surface area contributed by atoms with Crippen LogP contribution in [-0.2, 0) is 6.42 Å². The molecule has 2 aromatic rings. The van der Waals surface area contributed by atoms with Crippen molar-refractivity contribution in [1.29, 1.82) is 0 Å². The van der Waals surface area contributed by atoms with E-state index in [1.54, 1.807) is 5.57 Å². The second-order valence-corrected chi connectivity index (χ2v) is 9.28. The lowest BCUT2D eigenvalue weighted by molar-refractivity contribution is 0.428. The fourth-order valence-electron chi connectivity index (χ4n) is 4.86. The molecular formula is C29H42. The van der Waals surface area contributed by atoms with Gasteiger partial charge in [-0.3, -0.25) is 0 Å². The second-order valence-electron chi connectivity index (χ2n) is 9.28. The van der Waals surface area contributed by atoms with E-state index >= 15 is 0 Å². The number of fused-ring (bicyclic) bond motifs is 1. The summed E-state index contributed by atoms with van der Waals surface area (Å²) in [6.45, 7) is 4.59. The minimum Gasteiger partial charge on any atom is -0.0804 e. The average Bonchev–Trinajstić information content (AvgIpc) is 2.76. The van der Waals surface area contributed by atoms with Crippen molar-refractivity contribution < 1.29 is 0 Å². The van der Waals surface area contributed by atoms with Crippen molar-refractivity contribution in [3.05, 3.63) is 53.6 Å². The molecule has 1 atom stereocenters. The highest BCUT2D eigenvalue weighted by Gasteiger charge is 2.15. The molecular weight excluding hydrogens is 348 g/mol. The van der Waals surface area contributed by atoms with Crippen molar-refractivity contribution >= 4 is 16.3 Å². The van der Waals surface area contributed by atoms with E-state index < -0.39 is 0 Å². The summed E-state index contributed by atoms with van der Waals surface area (Å²) in [5.41, 5.74) is 4.54. The van der Waals surface area contributed by atoms with Gasteiger partial charge >= 0.3 is 0 Å². The van der Waals surface area contributed by atoms with Gasteiger partial charge < -0.3 is 0 Å². The maximum absolute atomic E-state index is 2.54. The van der Waals surface area contributed by atoms with Gasteiger partial charge in [-0.1, -0.05) is 108 Å². The van der Waals surface area contributed by atoms with E-state index in [1.165, 1.54) is 112 Å². The number of benzene rings is 2. The van der Waals surface area contributed by atoms with Gasteiger partial charge in [0, 0.05) is 0 Å². The van der Waals surface area contributed by atoms with Crippen molar-refractivity contribution in [2.45, 2.75) is 104 Å². The van der Waals surface area contributed by atoms with Crippen LogP contribution in [0.5, 0.6) is 0 Å². The molecule has 29 heavy (non-hydrogen) atoms. The predicted octanol–water partition coefficient (Wildman–Crippen LogP) is 9.51. The van der Waals surface area contributed by atoms with Crippen molar-refractivity contribution in [3.63, 3.8) is 0 Å². The average molecular weight is 391 g/mol. The molecule has 158 valence electrons. The summed E-state index contributed by atoms with van der Waals surface area (Å²) in [6.07, 6.45) is 21.5. The Labute approximate surface area is 179 Å². The van der Waals surface area contributed by atoms with E-state index in [9.17, 15) is 0 Å². The molecule has 0 heteroatoms. The molecule has 0 nitrogen and oxygen atoms in total. The van der Waals surface area contributed by atoms with Gasteiger partial charge in [-0.2, -0.15) is 0 Å². The topological polar surface area (TPSA) is 0 Å². The Bertz CT molecular complexity index is 767. The molecule has 0 aliphatic heterocycles. The summed E-state index contributed by atoms with van der Waals surface area (Å²) in [6, 6.07) is 14.3. The predicted molar refractivity (Wildman–Crippen MR) is 130 cm³/mol.